The van der Waals surface area contributed by atoms with Gasteiger partial charge in [0.15, 0.2) is 0 Å². The number of nitrogens with zero attached hydrogens (tertiary/aromatic N) is 2. The van der Waals surface area contributed by atoms with E-state index in [9.17, 15) is 18.0 Å². The Morgan fingerprint density at radius 3 is 2.45 bits per heavy atom. The summed E-state index contributed by atoms with van der Waals surface area (Å²) in [6.07, 6.45) is -2.63. The SMILES string of the molecule is Cl.Cl.O=CN1CCCN(Cc2cccc(C(F)(F)F)c2)CC1. The van der Waals surface area contributed by atoms with Crippen molar-refractivity contribution in [2.45, 2.75) is 19.1 Å². The lowest BCUT2D eigenvalue weighted by Gasteiger charge is -2.20. The molecular formula is C14H19Cl2F3N2O. The Kier molecular flexibility index (Phi) is 8.81. The molecule has 0 aliphatic carbocycles. The van der Waals surface area contributed by atoms with Crippen molar-refractivity contribution in [2.24, 2.45) is 0 Å². The van der Waals surface area contributed by atoms with Gasteiger partial charge in [0, 0.05) is 32.7 Å². The number of amides is 1. The first-order chi connectivity index (χ1) is 9.49. The highest BCUT2D eigenvalue weighted by atomic mass is 35.5. The van der Waals surface area contributed by atoms with E-state index >= 15 is 0 Å². The van der Waals surface area contributed by atoms with E-state index in [4.69, 9.17) is 0 Å². The van der Waals surface area contributed by atoms with Crippen molar-refractivity contribution in [3.8, 4) is 0 Å². The van der Waals surface area contributed by atoms with Crippen LogP contribution in [0.25, 0.3) is 0 Å². The van der Waals surface area contributed by atoms with E-state index in [1.54, 1.807) is 11.0 Å². The van der Waals surface area contributed by atoms with E-state index < -0.39 is 11.7 Å². The van der Waals surface area contributed by atoms with E-state index in [2.05, 4.69) is 4.90 Å². The molecule has 1 saturated heterocycles. The van der Waals surface area contributed by atoms with Crippen LogP contribution in [0.4, 0.5) is 13.2 Å². The van der Waals surface area contributed by atoms with Gasteiger partial charge in [-0.25, -0.2) is 0 Å². The van der Waals surface area contributed by atoms with Crippen molar-refractivity contribution in [3.63, 3.8) is 0 Å². The van der Waals surface area contributed by atoms with Crippen molar-refractivity contribution in [3.05, 3.63) is 35.4 Å². The Hall–Kier alpha value is -0.980. The summed E-state index contributed by atoms with van der Waals surface area (Å²) < 4.78 is 37.9. The molecule has 1 heterocycles. The van der Waals surface area contributed by atoms with Crippen molar-refractivity contribution >= 4 is 31.2 Å². The summed E-state index contributed by atoms with van der Waals surface area (Å²) >= 11 is 0. The minimum atomic E-state index is -4.30. The molecule has 126 valence electrons. The summed E-state index contributed by atoms with van der Waals surface area (Å²) in [4.78, 5) is 14.5. The quantitative estimate of drug-likeness (QED) is 0.774. The average molecular weight is 359 g/mol. The minimum absolute atomic E-state index is 0. The predicted octanol–water partition coefficient (Wildman–Crippen LogP) is 3.21. The highest BCUT2D eigenvalue weighted by Crippen LogP contribution is 2.29. The fourth-order valence-corrected chi connectivity index (χ4v) is 2.36. The van der Waals surface area contributed by atoms with Gasteiger partial charge in [-0.3, -0.25) is 9.69 Å². The zero-order valence-electron chi connectivity index (χ0n) is 11.9. The second-order valence-corrected chi connectivity index (χ2v) is 4.97. The maximum atomic E-state index is 12.6. The molecule has 0 radical (unpaired) electrons. The molecule has 0 atom stereocenters. The third-order valence-corrected chi connectivity index (χ3v) is 3.43. The molecular weight excluding hydrogens is 340 g/mol. The molecule has 0 bridgehead atoms. The lowest BCUT2D eigenvalue weighted by molar-refractivity contribution is -0.137. The lowest BCUT2D eigenvalue weighted by Crippen LogP contribution is -2.29. The number of carbonyl (C=O) groups excluding carboxylic acids is 1. The molecule has 0 spiro atoms. The second kappa shape index (κ2) is 9.22. The molecule has 1 aromatic carbocycles. The summed E-state index contributed by atoms with van der Waals surface area (Å²) in [6, 6.07) is 5.42. The topological polar surface area (TPSA) is 23.6 Å². The van der Waals surface area contributed by atoms with E-state index in [-0.39, 0.29) is 24.8 Å². The zero-order valence-corrected chi connectivity index (χ0v) is 13.5. The van der Waals surface area contributed by atoms with Gasteiger partial charge in [0.25, 0.3) is 0 Å². The highest BCUT2D eigenvalue weighted by molar-refractivity contribution is 5.85. The van der Waals surface area contributed by atoms with Crippen molar-refractivity contribution in [1.29, 1.82) is 0 Å². The highest BCUT2D eigenvalue weighted by Gasteiger charge is 2.30. The molecule has 0 aromatic heterocycles. The lowest BCUT2D eigenvalue weighted by atomic mass is 10.1. The van der Waals surface area contributed by atoms with Crippen LogP contribution in [0.5, 0.6) is 0 Å². The van der Waals surface area contributed by atoms with Gasteiger partial charge in [0.2, 0.25) is 6.41 Å². The molecule has 1 amide bonds. The first-order valence-corrected chi connectivity index (χ1v) is 6.57. The summed E-state index contributed by atoms with van der Waals surface area (Å²) in [5, 5.41) is 0. The fourth-order valence-electron chi connectivity index (χ4n) is 2.36. The third-order valence-electron chi connectivity index (χ3n) is 3.43. The molecule has 1 aliphatic rings. The Balaban J connectivity index is 0.00000220. The summed E-state index contributed by atoms with van der Waals surface area (Å²) in [6.45, 7) is 3.30. The number of halogens is 5. The molecule has 2 rings (SSSR count). The van der Waals surface area contributed by atoms with Crippen LogP contribution in [0.1, 0.15) is 17.5 Å². The molecule has 0 N–H and O–H groups in total. The molecule has 8 heteroatoms. The number of alkyl halides is 3. The number of carbonyl (C=O) groups is 1. The van der Waals surface area contributed by atoms with Gasteiger partial charge in [-0.1, -0.05) is 18.2 Å². The molecule has 1 fully saturated rings. The van der Waals surface area contributed by atoms with Gasteiger partial charge in [-0.15, -0.1) is 24.8 Å². The summed E-state index contributed by atoms with van der Waals surface area (Å²) in [7, 11) is 0. The van der Waals surface area contributed by atoms with Gasteiger partial charge >= 0.3 is 6.18 Å². The van der Waals surface area contributed by atoms with E-state index in [0.29, 0.717) is 31.7 Å². The van der Waals surface area contributed by atoms with Gasteiger partial charge in [-0.05, 0) is 18.1 Å². The van der Waals surface area contributed by atoms with Gasteiger partial charge in [-0.2, -0.15) is 13.2 Å². The van der Waals surface area contributed by atoms with Crippen LogP contribution in [0.15, 0.2) is 24.3 Å². The Morgan fingerprint density at radius 1 is 1.09 bits per heavy atom. The first kappa shape index (κ1) is 21.0. The van der Waals surface area contributed by atoms with Crippen LogP contribution >= 0.6 is 24.8 Å². The smallest absolute Gasteiger partial charge is 0.344 e. The summed E-state index contributed by atoms with van der Waals surface area (Å²) in [5.41, 5.74) is 0.0405. The van der Waals surface area contributed by atoms with Gasteiger partial charge < -0.3 is 4.90 Å². The number of rotatable bonds is 3. The van der Waals surface area contributed by atoms with Crippen molar-refractivity contribution < 1.29 is 18.0 Å². The molecule has 22 heavy (non-hydrogen) atoms. The number of hydrogen-bond donors (Lipinski definition) is 0. The van der Waals surface area contributed by atoms with Crippen LogP contribution in [0.3, 0.4) is 0 Å². The number of hydrogen-bond acceptors (Lipinski definition) is 2. The van der Waals surface area contributed by atoms with E-state index in [1.807, 2.05) is 0 Å². The van der Waals surface area contributed by atoms with E-state index in [1.165, 1.54) is 12.1 Å². The number of benzene rings is 1. The van der Waals surface area contributed by atoms with Crippen LogP contribution in [-0.4, -0.2) is 42.4 Å². The zero-order chi connectivity index (χ0) is 14.6. The standard InChI is InChI=1S/C14H17F3N2O.2ClH/c15-14(16,17)13-4-1-3-12(9-13)10-18-5-2-6-19(11-20)8-7-18;;/h1,3-4,9,11H,2,5-8,10H2;2*1H. The molecule has 0 saturated carbocycles. The normalized spacial score (nSPS) is 16.2. The third kappa shape index (κ3) is 6.02. The van der Waals surface area contributed by atoms with Gasteiger partial charge in [0.05, 0.1) is 5.56 Å². The van der Waals surface area contributed by atoms with Crippen molar-refractivity contribution in [2.75, 3.05) is 26.2 Å². The maximum absolute atomic E-state index is 12.6. The molecule has 3 nitrogen and oxygen atoms in total. The van der Waals surface area contributed by atoms with Crippen LogP contribution in [0, 0.1) is 0 Å². The Labute approximate surface area is 140 Å². The monoisotopic (exact) mass is 358 g/mol. The first-order valence-electron chi connectivity index (χ1n) is 6.57. The largest absolute Gasteiger partial charge is 0.416 e. The molecule has 0 unspecified atom stereocenters. The Morgan fingerprint density at radius 2 is 1.82 bits per heavy atom. The Bertz CT molecular complexity index is 472. The van der Waals surface area contributed by atoms with Crippen LogP contribution in [-0.2, 0) is 17.5 Å². The summed E-state index contributed by atoms with van der Waals surface area (Å²) in [5.74, 6) is 0. The van der Waals surface area contributed by atoms with Gasteiger partial charge in [0.1, 0.15) is 0 Å². The van der Waals surface area contributed by atoms with E-state index in [0.717, 1.165) is 25.4 Å². The second-order valence-electron chi connectivity index (χ2n) is 4.97. The fraction of sp³-hybridized carbons (Fsp3) is 0.500. The van der Waals surface area contributed by atoms with Crippen LogP contribution in [0.2, 0.25) is 0 Å². The minimum Gasteiger partial charge on any atom is -0.344 e. The molecule has 1 aromatic rings. The van der Waals surface area contributed by atoms with Crippen molar-refractivity contribution in [1.82, 2.24) is 9.80 Å². The maximum Gasteiger partial charge on any atom is 0.416 e. The molecule has 1 aliphatic heterocycles. The predicted molar refractivity (Wildman–Crippen MR) is 83.5 cm³/mol. The average Bonchev–Trinajstić information content (AvgIpc) is 2.63. The van der Waals surface area contributed by atoms with Crippen LogP contribution < -0.4 is 0 Å².